The third-order valence-corrected chi connectivity index (χ3v) is 24.4. The number of hydrogen-bond donors (Lipinski definition) is 20. The first-order valence-corrected chi connectivity index (χ1v) is 45.7. The first-order chi connectivity index (χ1) is 66.3. The molecule has 0 saturated carbocycles. The van der Waals surface area contributed by atoms with Crippen LogP contribution in [0.4, 0.5) is 4.39 Å². The number of fused-ring (bicyclic) bond motifs is 4. The molecule has 49 heteroatoms. The van der Waals surface area contributed by atoms with E-state index < -0.39 is 336 Å². The molecule has 3 aliphatic heterocycles. The molecular formula is C91H123FN22O26. The van der Waals surface area contributed by atoms with E-state index in [4.69, 9.17) is 22.9 Å². The fourth-order valence-corrected chi connectivity index (χ4v) is 16.9. The summed E-state index contributed by atoms with van der Waals surface area (Å²) < 4.78 is 15.7. The molecule has 8 rings (SSSR count). The Bertz CT molecular complexity index is 5440. The van der Waals surface area contributed by atoms with E-state index >= 15 is 33.6 Å². The number of aliphatic hydroxyl groups excluding tert-OH is 1. The molecule has 140 heavy (non-hydrogen) atoms. The summed E-state index contributed by atoms with van der Waals surface area (Å²) >= 11 is 0. The van der Waals surface area contributed by atoms with Crippen LogP contribution in [0.3, 0.4) is 0 Å². The lowest BCUT2D eigenvalue weighted by Crippen LogP contribution is -2.61. The number of aliphatic carboxylic acids is 3. The summed E-state index contributed by atoms with van der Waals surface area (Å²) in [6.45, 7) is 0.669. The van der Waals surface area contributed by atoms with Crippen LogP contribution < -0.4 is 81.4 Å². The second-order valence-electron chi connectivity index (χ2n) is 34.9. The molecule has 2 aromatic heterocycles. The number of unbranched alkanes of at least 4 members (excludes halogenated alkanes) is 2. The van der Waals surface area contributed by atoms with Gasteiger partial charge in [-0.3, -0.25) is 105 Å². The second-order valence-corrected chi connectivity index (χ2v) is 34.9. The van der Waals surface area contributed by atoms with Gasteiger partial charge in [-0.1, -0.05) is 88.1 Å². The minimum absolute atomic E-state index is 0.0499. The molecule has 0 unspecified atom stereocenters. The largest absolute Gasteiger partial charge is 0.481 e. The summed E-state index contributed by atoms with van der Waals surface area (Å²) in [6, 6.07) is -7.58. The maximum absolute atomic E-state index is 15.9. The lowest BCUT2D eigenvalue weighted by molar-refractivity contribution is -0.149. The van der Waals surface area contributed by atoms with Crippen molar-refractivity contribution in [2.45, 2.75) is 246 Å². The van der Waals surface area contributed by atoms with Gasteiger partial charge in [-0.05, 0) is 92.8 Å². The van der Waals surface area contributed by atoms with Crippen LogP contribution in [0, 0.1) is 5.82 Å². The van der Waals surface area contributed by atoms with Gasteiger partial charge in [0.2, 0.25) is 112 Å². The molecule has 0 aliphatic carbocycles. The maximum atomic E-state index is 15.9. The van der Waals surface area contributed by atoms with Crippen LogP contribution in [0.1, 0.15) is 147 Å². The summed E-state index contributed by atoms with van der Waals surface area (Å²) in [5, 5.41) is 69.6. The molecule has 3 aliphatic rings. The van der Waals surface area contributed by atoms with Gasteiger partial charge < -0.3 is 136 Å². The Kier molecular flexibility index (Phi) is 40.9. The molecule has 15 atom stereocenters. The zero-order chi connectivity index (χ0) is 103. The van der Waals surface area contributed by atoms with Gasteiger partial charge in [0.15, 0.2) is 0 Å². The SMILES string of the molecule is CCCC[C@H]1C(=O)N(C)[C@@H](CCCC)C(=O)N[C@@H](CCC(=O)O)C(=O)N[C@H](C(=O)NCC(N)=O)CNCC(=O)N[C@@H](Cc2ccc(F)cc2)C(=O)N(C)[C@@H](C)C(=O)N[C@@H](CC(N)=O)C(=O)N2CCC[C@H]2C(=O)N[C@@H](CCC(N)=O)C(=O)N[C@@H](CCC(=O)O)C(=O)N2C[C@H](O)C[C@H]2C(=O)N[C@@H](Cc2c[nH]c3ccccc23)C(=O)N[C@@H](CC(N)=O)C(=O)N[C@@H](Cc2cn(CC(=O)O)c3ccccc23)C(=O)N1C. The van der Waals surface area contributed by atoms with Crippen molar-refractivity contribution in [2.24, 2.45) is 22.9 Å². The highest BCUT2D eigenvalue weighted by Gasteiger charge is 2.47. The molecule has 760 valence electrons. The summed E-state index contributed by atoms with van der Waals surface area (Å²) in [7, 11) is 3.52. The van der Waals surface area contributed by atoms with Crippen molar-refractivity contribution >= 4 is 152 Å². The van der Waals surface area contributed by atoms with Gasteiger partial charge in [0.05, 0.1) is 32.0 Å². The van der Waals surface area contributed by atoms with Crippen molar-refractivity contribution in [2.75, 3.05) is 53.9 Å². The summed E-state index contributed by atoms with van der Waals surface area (Å²) in [6.07, 6.45) is -6.55. The Morgan fingerprint density at radius 3 is 1.62 bits per heavy atom. The molecule has 0 bridgehead atoms. The first kappa shape index (κ1) is 110. The average molecular weight is 1960 g/mol. The van der Waals surface area contributed by atoms with Crippen molar-refractivity contribution in [3.05, 3.63) is 108 Å². The van der Waals surface area contributed by atoms with Gasteiger partial charge in [0.25, 0.3) is 0 Å². The number of nitrogens with one attached hydrogen (secondary N) is 12. The number of H-pyrrole nitrogens is 1. The monoisotopic (exact) mass is 1960 g/mol. The highest BCUT2D eigenvalue weighted by molar-refractivity contribution is 6.03. The van der Waals surface area contributed by atoms with E-state index in [0.717, 1.165) is 43.7 Å². The fourth-order valence-electron chi connectivity index (χ4n) is 16.9. The average Bonchev–Trinajstić information content (AvgIpc) is 1.70. The van der Waals surface area contributed by atoms with Crippen LogP contribution >= 0.6 is 0 Å². The molecule has 5 heterocycles. The number of carboxylic acids is 3. The third kappa shape index (κ3) is 31.2. The highest BCUT2D eigenvalue weighted by Crippen LogP contribution is 2.29. The van der Waals surface area contributed by atoms with E-state index in [9.17, 15) is 96.7 Å². The van der Waals surface area contributed by atoms with Crippen molar-refractivity contribution < 1.29 is 130 Å². The number of amides is 19. The number of aromatic nitrogens is 2. The molecule has 24 N–H and O–H groups in total. The lowest BCUT2D eigenvalue weighted by atomic mass is 9.99. The zero-order valence-corrected chi connectivity index (χ0v) is 78.3. The van der Waals surface area contributed by atoms with Crippen molar-refractivity contribution in [1.29, 1.82) is 0 Å². The quantitative estimate of drug-likeness (QED) is 0.0204. The van der Waals surface area contributed by atoms with Crippen LogP contribution in [-0.4, -0.2) is 329 Å². The van der Waals surface area contributed by atoms with Crippen molar-refractivity contribution in [3.63, 3.8) is 0 Å². The number of aromatic amines is 1. The molecule has 3 aromatic carbocycles. The van der Waals surface area contributed by atoms with E-state index in [0.29, 0.717) is 40.2 Å². The topological polar surface area (TPSA) is 730 Å². The van der Waals surface area contributed by atoms with Crippen LogP contribution in [0.15, 0.2) is 85.2 Å². The number of primary amides is 4. The number of para-hydroxylation sites is 2. The van der Waals surface area contributed by atoms with E-state index in [1.54, 1.807) is 62.4 Å². The third-order valence-electron chi connectivity index (χ3n) is 24.4. The van der Waals surface area contributed by atoms with Crippen molar-refractivity contribution in [3.8, 4) is 0 Å². The number of nitrogens with two attached hydrogens (primary N) is 4. The predicted molar refractivity (Wildman–Crippen MR) is 493 cm³/mol. The highest BCUT2D eigenvalue weighted by atomic mass is 19.1. The minimum atomic E-state index is -2.10. The predicted octanol–water partition coefficient (Wildman–Crippen LogP) is -5.48. The summed E-state index contributed by atoms with van der Waals surface area (Å²) in [5.74, 6) is -26.7. The molecule has 0 radical (unpaired) electrons. The van der Waals surface area contributed by atoms with Crippen LogP contribution in [-0.2, 0) is 131 Å². The maximum Gasteiger partial charge on any atom is 0.323 e. The molecule has 3 fully saturated rings. The number of aliphatic hydroxyl groups is 1. The van der Waals surface area contributed by atoms with Gasteiger partial charge in [-0.25, -0.2) is 4.39 Å². The molecule has 19 amide bonds. The van der Waals surface area contributed by atoms with E-state index in [2.05, 4.69) is 63.5 Å². The molecule has 0 spiro atoms. The number of likely N-dealkylation sites (N-methyl/N-ethyl adjacent to an activating group) is 3. The van der Waals surface area contributed by atoms with E-state index in [1.165, 1.54) is 50.1 Å². The molecular weight excluding hydrogens is 1840 g/mol. The number of carbonyl (C=O) groups excluding carboxylic acids is 19. The fraction of sp³-hybridized carbons (Fsp3) is 0.516. The summed E-state index contributed by atoms with van der Waals surface area (Å²) in [5.41, 5.74) is 24.0. The zero-order valence-electron chi connectivity index (χ0n) is 78.3. The number of carbonyl (C=O) groups is 22. The van der Waals surface area contributed by atoms with Gasteiger partial charge in [0, 0.05) is 120 Å². The summed E-state index contributed by atoms with van der Waals surface area (Å²) in [4.78, 5) is 320. The van der Waals surface area contributed by atoms with Gasteiger partial charge in [-0.15, -0.1) is 0 Å². The Morgan fingerprint density at radius 1 is 0.479 bits per heavy atom. The Labute approximate surface area is 802 Å². The van der Waals surface area contributed by atoms with Crippen LogP contribution in [0.25, 0.3) is 21.8 Å². The first-order valence-electron chi connectivity index (χ1n) is 45.7. The Balaban J connectivity index is 1.24. The number of nitrogens with zero attached hydrogens (tertiary/aromatic N) is 6. The molecule has 5 aromatic rings. The smallest absolute Gasteiger partial charge is 0.323 e. The Hall–Kier alpha value is -15.1. The van der Waals surface area contributed by atoms with Crippen molar-refractivity contribution in [1.82, 2.24) is 92.5 Å². The second kappa shape index (κ2) is 51.9. The van der Waals surface area contributed by atoms with Gasteiger partial charge in [-0.2, -0.15) is 0 Å². The number of carboxylic acid groups (broad SMARTS) is 3. The van der Waals surface area contributed by atoms with Crippen LogP contribution in [0.2, 0.25) is 0 Å². The standard InChI is InChI=1S/C91H123FN22O26/c1-7-9-19-66-84(133)101-57(28-31-75(121)122)81(130)108-64(79(128)99-42-73(96)119)41-97-43-74(120)100-61(34-48-23-25-51(92)26-24-48)87(136)109(4)47(3)78(127)106-63(39-72(95)118)90(139)113-33-15-22-67(113)85(134)102-56(27-30-70(93)116)80(129)103-58(29-32-76(123)124)89(138)114-45-52(115)37-69(114)86(135)105-59(35-49-40-98-55-18-13-11-16-53(49)55)82(131)104-60(38-71(94)117)83(132)107-62(88(137)111(6)68(20-10-8-2)91(140)110(66)5)36-50-44-112(46-77(125)126)65-21-14-12-17-54(50)65/h11-14,16-18,21,23-26,40,44,47,52,56-64,66-69,97-98,115H,7-10,15,19-20,22,27-39,41-43,45-46H2,1-6H3,(H2,93,116)(H2,94,117)(H2,95,118)(H2,96,119)(H,99,128)(H,100,120)(H,101,133)(H,102,134)(H,103,129)(H,104,131)(H,105,135)(H,106,127)(H,107,132)(H,108,130)(H,121,122)(H,123,124)(H,125,126)/t47-,52+,56-,57-,58-,59-,60-,61-,62-,63-,64-,66-,67-,68-,69-/m0/s1. The van der Waals surface area contributed by atoms with E-state index in [-0.39, 0.29) is 56.2 Å². The van der Waals surface area contributed by atoms with Gasteiger partial charge >= 0.3 is 17.9 Å². The molecule has 3 saturated heterocycles. The van der Waals surface area contributed by atoms with Crippen LogP contribution in [0.5, 0.6) is 0 Å². The number of benzene rings is 3. The minimum Gasteiger partial charge on any atom is -0.481 e. The number of rotatable bonds is 30. The number of halogens is 1. The Morgan fingerprint density at radius 2 is 0.993 bits per heavy atom. The molecule has 48 nitrogen and oxygen atoms in total. The normalized spacial score (nSPS) is 24.2. The van der Waals surface area contributed by atoms with Gasteiger partial charge in [0.1, 0.15) is 96.9 Å². The lowest BCUT2D eigenvalue weighted by Gasteiger charge is -2.36. The van der Waals surface area contributed by atoms with E-state index in [1.807, 2.05) is 0 Å². The number of hydrogen-bond acceptors (Lipinski definition) is 24.